The Morgan fingerprint density at radius 1 is 1.17 bits per heavy atom. The van der Waals surface area contributed by atoms with E-state index in [2.05, 4.69) is 18.1 Å². The lowest BCUT2D eigenvalue weighted by atomic mass is 10.3. The quantitative estimate of drug-likeness (QED) is 0.0540. The second kappa shape index (κ2) is 12.8. The number of hydrogen-bond acceptors (Lipinski definition) is 10. The van der Waals surface area contributed by atoms with E-state index in [1.807, 2.05) is 0 Å². The lowest BCUT2D eigenvalue weighted by Crippen LogP contribution is -2.40. The Morgan fingerprint density at radius 3 is 2.23 bits per heavy atom. The fourth-order valence-corrected chi connectivity index (χ4v) is 4.72. The Kier molecular flexibility index (Phi) is 12.3. The summed E-state index contributed by atoms with van der Waals surface area (Å²) in [6.45, 7) is 0.962. The third-order valence-corrected chi connectivity index (χ3v) is 6.79. The minimum Gasteiger partial charge on any atom is -0.384 e. The van der Waals surface area contributed by atoms with E-state index < -0.39 is 42.4 Å². The fourth-order valence-electron chi connectivity index (χ4n) is 1.67. The molecule has 0 aliphatic carbocycles. The van der Waals surface area contributed by atoms with Gasteiger partial charge in [-0.3, -0.25) is 9.32 Å². The molecule has 8 N–H and O–H groups in total. The molecule has 30 heavy (non-hydrogen) atoms. The first-order valence-corrected chi connectivity index (χ1v) is 12.5. The zero-order valence-corrected chi connectivity index (χ0v) is 18.6. The predicted molar refractivity (Wildman–Crippen MR) is 102 cm³/mol. The van der Waals surface area contributed by atoms with E-state index in [9.17, 15) is 23.4 Å². The van der Waals surface area contributed by atoms with Crippen LogP contribution >= 0.6 is 23.5 Å². The van der Waals surface area contributed by atoms with Crippen LogP contribution in [-0.4, -0.2) is 69.3 Å². The van der Waals surface area contributed by atoms with Gasteiger partial charge in [0.25, 0.3) is 0 Å². The van der Waals surface area contributed by atoms with E-state index in [0.717, 1.165) is 0 Å². The highest BCUT2D eigenvalue weighted by atomic mass is 31.3. The van der Waals surface area contributed by atoms with Crippen LogP contribution in [0, 0.1) is 0 Å². The number of amidine groups is 1. The Morgan fingerprint density at radius 2 is 1.77 bits per heavy atom. The van der Waals surface area contributed by atoms with Crippen molar-refractivity contribution >= 4 is 35.7 Å². The van der Waals surface area contributed by atoms with Crippen molar-refractivity contribution in [1.29, 1.82) is 0 Å². The van der Waals surface area contributed by atoms with Crippen LogP contribution in [0.4, 0.5) is 0 Å². The number of phosphoric ester groups is 1. The molecule has 4 unspecified atom stereocenters. The molecule has 0 aliphatic rings. The largest absolute Gasteiger partial charge is 0.490 e. The zero-order chi connectivity index (χ0) is 23.6. The van der Waals surface area contributed by atoms with Gasteiger partial charge >= 0.3 is 23.5 Å². The van der Waals surface area contributed by atoms with Crippen LogP contribution in [0.5, 0.6) is 0 Å². The van der Waals surface area contributed by atoms with Gasteiger partial charge < -0.3 is 40.7 Å². The van der Waals surface area contributed by atoms with Crippen molar-refractivity contribution in [3.63, 3.8) is 0 Å². The van der Waals surface area contributed by atoms with Crippen LogP contribution in [0.3, 0.4) is 0 Å². The SMILES string of the molecule is CCC(COP(=O)(O)OP(=O)(O)OP(=O)(O)O)OC(CN)N(C)/C=C\C(N)=N/C=O. The summed E-state index contributed by atoms with van der Waals surface area (Å²) in [4.78, 5) is 50.5. The van der Waals surface area contributed by atoms with Crippen LogP contribution in [0.25, 0.3) is 0 Å². The first-order chi connectivity index (χ1) is 13.6. The first kappa shape index (κ1) is 29.0. The monoisotopic (exact) mass is 498 g/mol. The second-order valence-corrected chi connectivity index (χ2v) is 9.80. The molecule has 0 rings (SSSR count). The molecule has 0 fully saturated rings. The topological polar surface area (TPSA) is 254 Å². The van der Waals surface area contributed by atoms with E-state index in [4.69, 9.17) is 30.9 Å². The molecule has 0 radical (unpaired) electrons. The zero-order valence-electron chi connectivity index (χ0n) is 16.0. The van der Waals surface area contributed by atoms with E-state index in [1.165, 1.54) is 17.2 Å². The van der Waals surface area contributed by atoms with Crippen molar-refractivity contribution in [3.8, 4) is 0 Å². The highest BCUT2D eigenvalue weighted by Crippen LogP contribution is 2.66. The molecule has 19 heteroatoms. The standard InChI is InChI=1S/C11H25N4O12P3/c1-3-9(25-11(6-12)15(2)5-4-10(13)14-8-16)7-24-29(20,21)27-30(22,23)26-28(17,18)19/h4-5,8-9,11H,3,6-7,12H2,1-2H3,(H,20,21)(H,22,23)(H2,13,14,16)(H2,17,18,19)/b5-4-. The number of rotatable bonds is 15. The Balaban J connectivity index is 4.96. The van der Waals surface area contributed by atoms with Crippen LogP contribution in [0.15, 0.2) is 17.3 Å². The summed E-state index contributed by atoms with van der Waals surface area (Å²) in [7, 11) is -14.8. The normalized spacial score (nSPS) is 19.1. The lowest BCUT2D eigenvalue weighted by molar-refractivity contribution is -0.106. The third-order valence-electron chi connectivity index (χ3n) is 2.98. The van der Waals surface area contributed by atoms with E-state index >= 15 is 0 Å². The van der Waals surface area contributed by atoms with Crippen LogP contribution in [0.1, 0.15) is 13.3 Å². The van der Waals surface area contributed by atoms with Gasteiger partial charge in [-0.1, -0.05) is 6.92 Å². The smallest absolute Gasteiger partial charge is 0.384 e. The number of carbonyl (C=O) groups is 1. The molecule has 0 aromatic heterocycles. The highest BCUT2D eigenvalue weighted by Gasteiger charge is 2.41. The average molecular weight is 498 g/mol. The molecule has 176 valence electrons. The summed E-state index contributed by atoms with van der Waals surface area (Å²) < 4.78 is 51.0. The summed E-state index contributed by atoms with van der Waals surface area (Å²) >= 11 is 0. The average Bonchev–Trinajstić information content (AvgIpc) is 2.57. The van der Waals surface area contributed by atoms with Crippen LogP contribution < -0.4 is 11.5 Å². The van der Waals surface area contributed by atoms with Crippen molar-refractivity contribution < 1.29 is 55.9 Å². The van der Waals surface area contributed by atoms with Crippen molar-refractivity contribution in [2.24, 2.45) is 16.5 Å². The number of nitrogens with two attached hydrogens (primary N) is 2. The third kappa shape index (κ3) is 13.3. The van der Waals surface area contributed by atoms with Gasteiger partial charge in [0.2, 0.25) is 6.41 Å². The number of aliphatic imine (C=N–C) groups is 1. The van der Waals surface area contributed by atoms with Gasteiger partial charge in [0.1, 0.15) is 12.1 Å². The minimum atomic E-state index is -5.60. The predicted octanol–water partition coefficient (Wildman–Crippen LogP) is -0.631. The molecular formula is C11H25N4O12P3. The van der Waals surface area contributed by atoms with Gasteiger partial charge in [0.15, 0.2) is 0 Å². The summed E-state index contributed by atoms with van der Waals surface area (Å²) in [5.41, 5.74) is 11.0. The Hall–Kier alpha value is -0.990. The Bertz CT molecular complexity index is 756. The number of hydrogen-bond donors (Lipinski definition) is 6. The second-order valence-electron chi connectivity index (χ2n) is 5.38. The van der Waals surface area contributed by atoms with Crippen molar-refractivity contribution in [2.45, 2.75) is 25.7 Å². The number of carbonyl (C=O) groups excluding carboxylic acids is 1. The van der Waals surface area contributed by atoms with E-state index in [1.54, 1.807) is 14.0 Å². The molecule has 0 aliphatic heterocycles. The van der Waals surface area contributed by atoms with Gasteiger partial charge in [-0.2, -0.15) is 13.6 Å². The number of nitrogens with zero attached hydrogens (tertiary/aromatic N) is 2. The summed E-state index contributed by atoms with van der Waals surface area (Å²) in [5, 5.41) is 0. The van der Waals surface area contributed by atoms with Gasteiger partial charge in [0, 0.05) is 19.8 Å². The van der Waals surface area contributed by atoms with Gasteiger partial charge in [-0.15, -0.1) is 0 Å². The Labute approximate surface area is 171 Å². The van der Waals surface area contributed by atoms with Crippen molar-refractivity contribution in [1.82, 2.24) is 4.90 Å². The number of amides is 1. The number of phosphoric acid groups is 3. The molecular weight excluding hydrogens is 473 g/mol. The summed E-state index contributed by atoms with van der Waals surface area (Å²) in [5.74, 6) is -0.0766. The number of likely N-dealkylation sites (N-methyl/N-ethyl adjacent to an activating group) is 1. The van der Waals surface area contributed by atoms with Crippen molar-refractivity contribution in [3.05, 3.63) is 12.3 Å². The molecule has 16 nitrogen and oxygen atoms in total. The van der Waals surface area contributed by atoms with Crippen LogP contribution in [0.2, 0.25) is 0 Å². The maximum Gasteiger partial charge on any atom is 0.490 e. The lowest BCUT2D eigenvalue weighted by Gasteiger charge is -2.30. The molecule has 0 heterocycles. The molecule has 0 bridgehead atoms. The van der Waals surface area contributed by atoms with Crippen molar-refractivity contribution in [2.75, 3.05) is 20.2 Å². The molecule has 0 aromatic carbocycles. The summed E-state index contributed by atoms with van der Waals surface area (Å²) in [6.07, 6.45) is 1.56. The fraction of sp³-hybridized carbons (Fsp3) is 0.636. The molecule has 1 amide bonds. The number of ether oxygens (including phenoxy) is 1. The minimum absolute atomic E-state index is 0.0443. The molecule has 0 aromatic rings. The van der Waals surface area contributed by atoms with Gasteiger partial charge in [0.05, 0.1) is 12.7 Å². The van der Waals surface area contributed by atoms with E-state index in [-0.39, 0.29) is 25.2 Å². The van der Waals surface area contributed by atoms with E-state index in [0.29, 0.717) is 0 Å². The molecule has 0 saturated heterocycles. The maximum atomic E-state index is 11.8. The van der Waals surface area contributed by atoms with Gasteiger partial charge in [-0.05, 0) is 12.5 Å². The molecule has 0 saturated carbocycles. The molecule has 0 spiro atoms. The summed E-state index contributed by atoms with van der Waals surface area (Å²) in [6, 6.07) is 0. The highest BCUT2D eigenvalue weighted by molar-refractivity contribution is 7.66. The first-order valence-electron chi connectivity index (χ1n) is 7.95. The molecule has 4 atom stereocenters. The van der Waals surface area contributed by atoms with Crippen LogP contribution in [-0.2, 0) is 36.4 Å². The maximum absolute atomic E-state index is 11.8. The van der Waals surface area contributed by atoms with Gasteiger partial charge in [-0.25, -0.2) is 13.7 Å².